The molecule has 4 rings (SSSR count). The number of aromatic carboxylic acids is 1. The summed E-state index contributed by atoms with van der Waals surface area (Å²) in [6.45, 7) is 1.96. The van der Waals surface area contributed by atoms with Gasteiger partial charge in [-0.3, -0.25) is 19.1 Å². The summed E-state index contributed by atoms with van der Waals surface area (Å²) in [4.78, 5) is 52.7. The number of aromatic nitrogens is 2. The van der Waals surface area contributed by atoms with E-state index in [-0.39, 0.29) is 23.4 Å². The number of H-pyrrole nitrogens is 1. The summed E-state index contributed by atoms with van der Waals surface area (Å²) in [7, 11) is 0. The number of carboxylic acids is 1. The Morgan fingerprint density at radius 3 is 2.42 bits per heavy atom. The second kappa shape index (κ2) is 9.05. The normalized spacial score (nSPS) is 11.9. The van der Waals surface area contributed by atoms with E-state index in [1.54, 1.807) is 43.3 Å². The van der Waals surface area contributed by atoms with Crippen LogP contribution < -0.4 is 16.6 Å². The topological polar surface area (TPSA) is 121 Å². The van der Waals surface area contributed by atoms with E-state index < -0.39 is 23.3 Å². The zero-order chi connectivity index (χ0) is 23.7. The number of halogens is 1. The SMILES string of the molecule is CC(c1ccc(C(=O)O)cc1)n1c(=O)[nH]c2sc(C(=O)NCc3ccc(Cl)cc3)cc2c1=O. The summed E-state index contributed by atoms with van der Waals surface area (Å²) < 4.78 is 1.06. The van der Waals surface area contributed by atoms with Gasteiger partial charge in [0, 0.05) is 11.6 Å². The lowest BCUT2D eigenvalue weighted by Gasteiger charge is -2.14. The Bertz CT molecular complexity index is 1470. The van der Waals surface area contributed by atoms with Crippen LogP contribution in [0.3, 0.4) is 0 Å². The second-order valence-electron chi connectivity index (χ2n) is 7.37. The van der Waals surface area contributed by atoms with Crippen molar-refractivity contribution in [2.24, 2.45) is 0 Å². The molecule has 2 aromatic carbocycles. The van der Waals surface area contributed by atoms with E-state index in [4.69, 9.17) is 16.7 Å². The Morgan fingerprint density at radius 2 is 1.79 bits per heavy atom. The highest BCUT2D eigenvalue weighted by molar-refractivity contribution is 7.20. The zero-order valence-electron chi connectivity index (χ0n) is 17.3. The highest BCUT2D eigenvalue weighted by atomic mass is 35.5. The number of hydrogen-bond acceptors (Lipinski definition) is 5. The number of nitrogens with zero attached hydrogens (tertiary/aromatic N) is 1. The van der Waals surface area contributed by atoms with Crippen LogP contribution in [0.25, 0.3) is 10.2 Å². The van der Waals surface area contributed by atoms with E-state index in [1.807, 2.05) is 0 Å². The Morgan fingerprint density at radius 1 is 1.12 bits per heavy atom. The molecule has 2 heterocycles. The molecule has 10 heteroatoms. The maximum atomic E-state index is 13.1. The van der Waals surface area contributed by atoms with Gasteiger partial charge < -0.3 is 10.4 Å². The van der Waals surface area contributed by atoms with E-state index in [0.29, 0.717) is 20.3 Å². The summed E-state index contributed by atoms with van der Waals surface area (Å²) in [5, 5.41) is 12.7. The van der Waals surface area contributed by atoms with Crippen molar-refractivity contribution >= 4 is 45.0 Å². The third-order valence-electron chi connectivity index (χ3n) is 5.24. The highest BCUT2D eigenvalue weighted by Crippen LogP contribution is 2.22. The van der Waals surface area contributed by atoms with Crippen molar-refractivity contribution in [3.05, 3.63) is 102 Å². The molecule has 0 spiro atoms. The summed E-state index contributed by atoms with van der Waals surface area (Å²) in [6, 6.07) is 13.8. The second-order valence-corrected chi connectivity index (χ2v) is 8.86. The average Bonchev–Trinajstić information content (AvgIpc) is 3.23. The Kier molecular flexibility index (Phi) is 6.17. The fourth-order valence-electron chi connectivity index (χ4n) is 3.41. The highest BCUT2D eigenvalue weighted by Gasteiger charge is 2.19. The number of amides is 1. The lowest BCUT2D eigenvalue weighted by molar-refractivity contribution is 0.0696. The number of hydrogen-bond donors (Lipinski definition) is 3. The molecule has 168 valence electrons. The van der Waals surface area contributed by atoms with Gasteiger partial charge in [-0.1, -0.05) is 35.9 Å². The molecule has 0 radical (unpaired) electrons. The Hall–Kier alpha value is -3.69. The predicted octanol–water partition coefficient (Wildman–Crippen LogP) is 3.64. The van der Waals surface area contributed by atoms with Crippen molar-refractivity contribution in [1.29, 1.82) is 0 Å². The van der Waals surface area contributed by atoms with Gasteiger partial charge in [-0.25, -0.2) is 9.59 Å². The number of carbonyl (C=O) groups excluding carboxylic acids is 1. The van der Waals surface area contributed by atoms with E-state index in [0.717, 1.165) is 21.5 Å². The van der Waals surface area contributed by atoms with Gasteiger partial charge in [-0.2, -0.15) is 0 Å². The molecule has 2 aromatic heterocycles. The molecular weight excluding hydrogens is 466 g/mol. The van der Waals surface area contributed by atoms with Gasteiger partial charge in [0.25, 0.3) is 11.5 Å². The van der Waals surface area contributed by atoms with Gasteiger partial charge in [0.2, 0.25) is 0 Å². The van der Waals surface area contributed by atoms with E-state index in [2.05, 4.69) is 10.3 Å². The third-order valence-corrected chi connectivity index (χ3v) is 6.54. The van der Waals surface area contributed by atoms with Crippen LogP contribution in [0.5, 0.6) is 0 Å². The average molecular weight is 484 g/mol. The summed E-state index contributed by atoms with van der Waals surface area (Å²) in [5.74, 6) is -1.43. The van der Waals surface area contributed by atoms with E-state index in [9.17, 15) is 19.2 Å². The van der Waals surface area contributed by atoms with Crippen molar-refractivity contribution in [2.75, 3.05) is 0 Å². The van der Waals surface area contributed by atoms with E-state index in [1.165, 1.54) is 18.2 Å². The third kappa shape index (κ3) is 4.59. The number of rotatable bonds is 6. The number of fused-ring (bicyclic) bond motifs is 1. The largest absolute Gasteiger partial charge is 0.478 e. The molecular formula is C23H18ClN3O5S. The van der Waals surface area contributed by atoms with Crippen LogP contribution in [0, 0.1) is 0 Å². The van der Waals surface area contributed by atoms with Crippen molar-refractivity contribution < 1.29 is 14.7 Å². The maximum absolute atomic E-state index is 13.1. The molecule has 1 atom stereocenters. The van der Waals surface area contributed by atoms with E-state index >= 15 is 0 Å². The standard InChI is InChI=1S/C23H18ClN3O5S/c1-12(14-4-6-15(7-5-14)22(30)31)27-21(29)17-10-18(33-20(17)26-23(27)32)19(28)25-11-13-2-8-16(24)9-3-13/h2-10,12H,11H2,1H3,(H,25,28)(H,26,32)(H,30,31). The van der Waals surface area contributed by atoms with Crippen LogP contribution in [-0.2, 0) is 6.54 Å². The molecule has 0 fully saturated rings. The molecule has 0 aliphatic heterocycles. The first kappa shape index (κ1) is 22.5. The number of benzene rings is 2. The minimum absolute atomic E-state index is 0.106. The summed E-state index contributed by atoms with van der Waals surface area (Å²) in [6.07, 6.45) is 0. The first-order chi connectivity index (χ1) is 15.7. The number of carboxylic acid groups (broad SMARTS) is 1. The molecule has 33 heavy (non-hydrogen) atoms. The lowest BCUT2D eigenvalue weighted by Crippen LogP contribution is -2.37. The van der Waals surface area contributed by atoms with Crippen molar-refractivity contribution in [3.8, 4) is 0 Å². The minimum Gasteiger partial charge on any atom is -0.478 e. The zero-order valence-corrected chi connectivity index (χ0v) is 18.9. The molecule has 0 aliphatic carbocycles. The van der Waals surface area contributed by atoms with Gasteiger partial charge in [0.05, 0.1) is 21.9 Å². The Labute approximate surface area is 196 Å². The van der Waals surface area contributed by atoms with Gasteiger partial charge >= 0.3 is 11.7 Å². The van der Waals surface area contributed by atoms with Gasteiger partial charge in [-0.15, -0.1) is 11.3 Å². The summed E-state index contributed by atoms with van der Waals surface area (Å²) >= 11 is 6.89. The summed E-state index contributed by atoms with van der Waals surface area (Å²) in [5.41, 5.74) is 0.430. The fraction of sp³-hybridized carbons (Fsp3) is 0.130. The fourth-order valence-corrected chi connectivity index (χ4v) is 4.49. The van der Waals surface area contributed by atoms with Crippen molar-refractivity contribution in [2.45, 2.75) is 19.5 Å². The Balaban J connectivity index is 1.62. The molecule has 0 aliphatic rings. The van der Waals surface area contributed by atoms with Gasteiger partial charge in [0.1, 0.15) is 4.83 Å². The first-order valence-electron chi connectivity index (χ1n) is 9.89. The van der Waals surface area contributed by atoms with Crippen LogP contribution in [0.15, 0.2) is 64.2 Å². The molecule has 8 nitrogen and oxygen atoms in total. The lowest BCUT2D eigenvalue weighted by atomic mass is 10.1. The van der Waals surface area contributed by atoms with Crippen molar-refractivity contribution in [3.63, 3.8) is 0 Å². The number of thiophene rings is 1. The first-order valence-corrected chi connectivity index (χ1v) is 11.1. The number of carbonyl (C=O) groups is 2. The van der Waals surface area contributed by atoms with Crippen LogP contribution in [0.4, 0.5) is 0 Å². The van der Waals surface area contributed by atoms with Crippen LogP contribution in [0.1, 0.15) is 44.1 Å². The molecule has 3 N–H and O–H groups in total. The monoisotopic (exact) mass is 483 g/mol. The molecule has 0 saturated heterocycles. The molecule has 0 bridgehead atoms. The quantitative estimate of drug-likeness (QED) is 0.386. The number of aromatic amines is 1. The van der Waals surface area contributed by atoms with Gasteiger partial charge in [-0.05, 0) is 48.4 Å². The van der Waals surface area contributed by atoms with Crippen molar-refractivity contribution in [1.82, 2.24) is 14.9 Å². The molecule has 4 aromatic rings. The molecule has 1 unspecified atom stereocenters. The minimum atomic E-state index is -1.06. The maximum Gasteiger partial charge on any atom is 0.335 e. The smallest absolute Gasteiger partial charge is 0.335 e. The number of nitrogens with one attached hydrogen (secondary N) is 2. The molecule has 1 amide bonds. The molecule has 0 saturated carbocycles. The van der Waals surface area contributed by atoms with Crippen LogP contribution in [0.2, 0.25) is 5.02 Å². The van der Waals surface area contributed by atoms with Crippen LogP contribution in [-0.4, -0.2) is 26.5 Å². The van der Waals surface area contributed by atoms with Crippen LogP contribution >= 0.6 is 22.9 Å². The predicted molar refractivity (Wildman–Crippen MR) is 127 cm³/mol. The van der Waals surface area contributed by atoms with Gasteiger partial charge in [0.15, 0.2) is 0 Å².